The first-order valence-electron chi connectivity index (χ1n) is 7.83. The van der Waals surface area contributed by atoms with E-state index in [4.69, 9.17) is 4.42 Å². The second-order valence-electron chi connectivity index (χ2n) is 5.77. The van der Waals surface area contributed by atoms with Gasteiger partial charge < -0.3 is 14.4 Å². The number of hydrogen-bond acceptors (Lipinski definition) is 4. The molecular weight excluding hydrogens is 268 g/mol. The highest BCUT2D eigenvalue weighted by Gasteiger charge is 2.30. The minimum Gasteiger partial charge on any atom is -0.455 e. The molecule has 5 heteroatoms. The minimum absolute atomic E-state index is 0.0658. The molecule has 1 N–H and O–H groups in total. The number of hydrogen-bond donors (Lipinski definition) is 1. The van der Waals surface area contributed by atoms with E-state index in [2.05, 4.69) is 18.7 Å². The molecule has 0 bridgehead atoms. The van der Waals surface area contributed by atoms with Gasteiger partial charge in [-0.05, 0) is 38.6 Å². The summed E-state index contributed by atoms with van der Waals surface area (Å²) in [5.74, 6) is 1.35. The number of likely N-dealkylation sites (tertiary alicyclic amines) is 1. The van der Waals surface area contributed by atoms with Gasteiger partial charge in [-0.1, -0.05) is 13.8 Å². The van der Waals surface area contributed by atoms with Gasteiger partial charge in [0.15, 0.2) is 5.76 Å². The lowest BCUT2D eigenvalue weighted by molar-refractivity contribution is 0.0728. The Morgan fingerprint density at radius 3 is 2.76 bits per heavy atom. The van der Waals surface area contributed by atoms with Crippen molar-refractivity contribution in [2.45, 2.75) is 39.8 Å². The van der Waals surface area contributed by atoms with Gasteiger partial charge >= 0.3 is 0 Å². The van der Waals surface area contributed by atoms with Crippen molar-refractivity contribution in [1.82, 2.24) is 9.80 Å². The third-order valence-corrected chi connectivity index (χ3v) is 4.34. The Balaban J connectivity index is 1.96. The van der Waals surface area contributed by atoms with Gasteiger partial charge in [-0.2, -0.15) is 0 Å². The highest BCUT2D eigenvalue weighted by Crippen LogP contribution is 2.22. The fourth-order valence-corrected chi connectivity index (χ4v) is 2.77. The number of aliphatic hydroxyl groups excluding tert-OH is 1. The summed E-state index contributed by atoms with van der Waals surface area (Å²) in [5, 5.41) is 9.61. The quantitative estimate of drug-likeness (QED) is 0.871. The maximum Gasteiger partial charge on any atom is 0.289 e. The van der Waals surface area contributed by atoms with Gasteiger partial charge in [0.1, 0.15) is 5.76 Å². The zero-order chi connectivity index (χ0) is 15.4. The van der Waals surface area contributed by atoms with Crippen molar-refractivity contribution in [3.63, 3.8) is 0 Å². The number of amides is 1. The predicted molar refractivity (Wildman–Crippen MR) is 81.0 cm³/mol. The fraction of sp³-hybridized carbons (Fsp3) is 0.688. The summed E-state index contributed by atoms with van der Waals surface area (Å²) in [4.78, 5) is 16.4. The van der Waals surface area contributed by atoms with Crippen LogP contribution in [-0.4, -0.2) is 53.1 Å². The Kier molecular flexibility index (Phi) is 5.42. The average molecular weight is 294 g/mol. The van der Waals surface area contributed by atoms with Crippen molar-refractivity contribution in [2.24, 2.45) is 5.92 Å². The number of aliphatic hydroxyl groups is 1. The average Bonchev–Trinajstić information content (AvgIpc) is 3.13. The SMILES string of the molecule is CCN(CC)Cc1ccc(C(=O)N2CCC(C(C)O)C2)o1. The normalized spacial score (nSPS) is 20.2. The number of carbonyl (C=O) groups is 1. The molecule has 1 fully saturated rings. The van der Waals surface area contributed by atoms with Gasteiger partial charge in [0.2, 0.25) is 0 Å². The lowest BCUT2D eigenvalue weighted by Gasteiger charge is -2.17. The predicted octanol–water partition coefficient (Wildman–Crippen LogP) is 1.96. The Morgan fingerprint density at radius 2 is 2.19 bits per heavy atom. The molecule has 5 nitrogen and oxygen atoms in total. The minimum atomic E-state index is -0.363. The molecule has 1 aliphatic heterocycles. The summed E-state index contributed by atoms with van der Waals surface area (Å²) in [5.41, 5.74) is 0. The van der Waals surface area contributed by atoms with E-state index in [9.17, 15) is 9.90 Å². The van der Waals surface area contributed by atoms with Gasteiger partial charge in [-0.15, -0.1) is 0 Å². The van der Waals surface area contributed by atoms with Crippen LogP contribution in [0.15, 0.2) is 16.5 Å². The van der Waals surface area contributed by atoms with E-state index in [1.807, 2.05) is 6.07 Å². The largest absolute Gasteiger partial charge is 0.455 e. The van der Waals surface area contributed by atoms with Crippen LogP contribution >= 0.6 is 0 Å². The van der Waals surface area contributed by atoms with Crippen LogP contribution in [0.3, 0.4) is 0 Å². The maximum absolute atomic E-state index is 12.4. The summed E-state index contributed by atoms with van der Waals surface area (Å²) < 4.78 is 5.69. The third kappa shape index (κ3) is 3.86. The van der Waals surface area contributed by atoms with Crippen molar-refractivity contribution in [1.29, 1.82) is 0 Å². The highest BCUT2D eigenvalue weighted by atomic mass is 16.4. The number of carbonyl (C=O) groups excluding carboxylic acids is 1. The summed E-state index contributed by atoms with van der Waals surface area (Å²) in [6.45, 7) is 9.97. The van der Waals surface area contributed by atoms with Crippen LogP contribution in [-0.2, 0) is 6.54 Å². The molecule has 1 saturated heterocycles. The molecule has 0 aromatic carbocycles. The van der Waals surface area contributed by atoms with E-state index < -0.39 is 0 Å². The number of nitrogens with zero attached hydrogens (tertiary/aromatic N) is 2. The lowest BCUT2D eigenvalue weighted by atomic mass is 10.0. The van der Waals surface area contributed by atoms with Gasteiger partial charge in [0.25, 0.3) is 5.91 Å². The summed E-state index contributed by atoms with van der Waals surface area (Å²) in [6.07, 6.45) is 0.494. The Morgan fingerprint density at radius 1 is 1.48 bits per heavy atom. The van der Waals surface area contributed by atoms with Crippen molar-refractivity contribution in [3.05, 3.63) is 23.7 Å². The smallest absolute Gasteiger partial charge is 0.289 e. The van der Waals surface area contributed by atoms with E-state index >= 15 is 0 Å². The molecule has 118 valence electrons. The molecule has 0 saturated carbocycles. The van der Waals surface area contributed by atoms with Gasteiger partial charge in [0, 0.05) is 19.0 Å². The van der Waals surface area contributed by atoms with Crippen molar-refractivity contribution < 1.29 is 14.3 Å². The molecular formula is C16H26N2O3. The van der Waals surface area contributed by atoms with E-state index in [-0.39, 0.29) is 17.9 Å². The second-order valence-corrected chi connectivity index (χ2v) is 5.77. The number of furan rings is 1. The summed E-state index contributed by atoms with van der Waals surface area (Å²) in [6, 6.07) is 3.64. The fourth-order valence-electron chi connectivity index (χ4n) is 2.77. The molecule has 2 rings (SSSR count). The second kappa shape index (κ2) is 7.09. The zero-order valence-electron chi connectivity index (χ0n) is 13.2. The molecule has 1 amide bonds. The van der Waals surface area contributed by atoms with Crippen LogP contribution in [0.25, 0.3) is 0 Å². The summed E-state index contributed by atoms with van der Waals surface area (Å²) >= 11 is 0. The highest BCUT2D eigenvalue weighted by molar-refractivity contribution is 5.91. The van der Waals surface area contributed by atoms with Gasteiger partial charge in [0.05, 0.1) is 12.6 Å². The van der Waals surface area contributed by atoms with Crippen LogP contribution in [0.4, 0.5) is 0 Å². The molecule has 0 spiro atoms. The van der Waals surface area contributed by atoms with Crippen molar-refractivity contribution in [2.75, 3.05) is 26.2 Å². The number of rotatable bonds is 6. The molecule has 1 aromatic rings. The first kappa shape index (κ1) is 16.0. The molecule has 0 aliphatic carbocycles. The molecule has 2 heterocycles. The lowest BCUT2D eigenvalue weighted by Crippen LogP contribution is -2.30. The van der Waals surface area contributed by atoms with E-state index in [0.717, 1.165) is 31.8 Å². The third-order valence-electron chi connectivity index (χ3n) is 4.34. The monoisotopic (exact) mass is 294 g/mol. The molecule has 21 heavy (non-hydrogen) atoms. The zero-order valence-corrected chi connectivity index (χ0v) is 13.2. The molecule has 0 radical (unpaired) electrons. The van der Waals surface area contributed by atoms with Crippen molar-refractivity contribution >= 4 is 5.91 Å². The molecule has 2 unspecified atom stereocenters. The van der Waals surface area contributed by atoms with E-state index in [1.165, 1.54) is 0 Å². The Hall–Kier alpha value is -1.33. The standard InChI is InChI=1S/C16H26N2O3/c1-4-17(5-2)11-14-6-7-15(21-14)16(20)18-9-8-13(10-18)12(3)19/h6-7,12-13,19H,4-5,8-11H2,1-3H3. The van der Waals surface area contributed by atoms with E-state index in [1.54, 1.807) is 17.9 Å². The Bertz CT molecular complexity index is 466. The summed E-state index contributed by atoms with van der Waals surface area (Å²) in [7, 11) is 0. The van der Waals surface area contributed by atoms with Crippen LogP contribution in [0.1, 0.15) is 43.5 Å². The van der Waals surface area contributed by atoms with E-state index in [0.29, 0.717) is 18.8 Å². The Labute approximate surface area is 126 Å². The van der Waals surface area contributed by atoms with Crippen LogP contribution < -0.4 is 0 Å². The van der Waals surface area contributed by atoms with Crippen LogP contribution in [0.5, 0.6) is 0 Å². The van der Waals surface area contributed by atoms with Crippen molar-refractivity contribution in [3.8, 4) is 0 Å². The van der Waals surface area contributed by atoms with Gasteiger partial charge in [-0.25, -0.2) is 0 Å². The molecule has 2 atom stereocenters. The van der Waals surface area contributed by atoms with Gasteiger partial charge in [-0.3, -0.25) is 9.69 Å². The topological polar surface area (TPSA) is 56.9 Å². The molecule has 1 aliphatic rings. The first-order valence-corrected chi connectivity index (χ1v) is 7.83. The van der Waals surface area contributed by atoms with Crippen LogP contribution in [0, 0.1) is 5.92 Å². The molecule has 1 aromatic heterocycles. The maximum atomic E-state index is 12.4. The first-order chi connectivity index (χ1) is 10.0. The van der Waals surface area contributed by atoms with Crippen LogP contribution in [0.2, 0.25) is 0 Å².